The van der Waals surface area contributed by atoms with Crippen LogP contribution in [-0.2, 0) is 4.79 Å². The summed E-state index contributed by atoms with van der Waals surface area (Å²) in [6.07, 6.45) is 7.66. The highest BCUT2D eigenvalue weighted by Gasteiger charge is 2.60. The molecule has 1 unspecified atom stereocenters. The van der Waals surface area contributed by atoms with Gasteiger partial charge in [-0.2, -0.15) is 0 Å². The van der Waals surface area contributed by atoms with E-state index in [4.69, 9.17) is 4.74 Å². The van der Waals surface area contributed by atoms with Crippen molar-refractivity contribution >= 4 is 22.6 Å². The maximum Gasteiger partial charge on any atom is 0.228 e. The Morgan fingerprint density at radius 3 is 2.71 bits per heavy atom. The summed E-state index contributed by atoms with van der Waals surface area (Å²) < 4.78 is 19.9. The molecular formula is C24H25FN4O2. The van der Waals surface area contributed by atoms with Gasteiger partial charge in [0.05, 0.1) is 29.7 Å². The van der Waals surface area contributed by atoms with Gasteiger partial charge in [-0.3, -0.25) is 14.8 Å². The van der Waals surface area contributed by atoms with Crippen molar-refractivity contribution in [3.63, 3.8) is 0 Å². The molecular weight excluding hydrogens is 395 g/mol. The molecule has 7 heteroatoms. The Balaban J connectivity index is 1.22. The number of amides is 1. The highest BCUT2D eigenvalue weighted by atomic mass is 19.1. The van der Waals surface area contributed by atoms with Crippen molar-refractivity contribution in [1.82, 2.24) is 15.0 Å². The van der Waals surface area contributed by atoms with Gasteiger partial charge in [0.15, 0.2) is 5.82 Å². The van der Waals surface area contributed by atoms with Gasteiger partial charge in [0.2, 0.25) is 5.91 Å². The third-order valence-electron chi connectivity index (χ3n) is 6.70. The van der Waals surface area contributed by atoms with Crippen molar-refractivity contribution in [2.24, 2.45) is 23.7 Å². The molecule has 3 aromatic rings. The fraction of sp³-hybridized carbons (Fsp3) is 0.417. The van der Waals surface area contributed by atoms with Gasteiger partial charge in [0.1, 0.15) is 11.6 Å². The largest absolute Gasteiger partial charge is 0.490 e. The third kappa shape index (κ3) is 3.84. The van der Waals surface area contributed by atoms with Crippen LogP contribution in [0.4, 0.5) is 10.2 Å². The van der Waals surface area contributed by atoms with Crippen molar-refractivity contribution < 1.29 is 13.9 Å². The molecule has 160 valence electrons. The Morgan fingerprint density at radius 2 is 2.00 bits per heavy atom. The molecule has 0 saturated heterocycles. The minimum absolute atomic E-state index is 0.0214. The lowest BCUT2D eigenvalue weighted by Gasteiger charge is -2.21. The molecule has 1 amide bonds. The van der Waals surface area contributed by atoms with Crippen LogP contribution in [-0.4, -0.2) is 27.0 Å². The predicted octanol–water partition coefficient (Wildman–Crippen LogP) is 4.54. The van der Waals surface area contributed by atoms with Crippen LogP contribution in [0.15, 0.2) is 42.9 Å². The summed E-state index contributed by atoms with van der Waals surface area (Å²) in [6.45, 7) is 3.92. The normalized spacial score (nSPS) is 25.1. The Hall–Kier alpha value is -3.09. The molecule has 2 heterocycles. The molecule has 2 aliphatic rings. The van der Waals surface area contributed by atoms with E-state index < -0.39 is 0 Å². The van der Waals surface area contributed by atoms with Gasteiger partial charge in [0.25, 0.3) is 0 Å². The molecule has 5 atom stereocenters. The fourth-order valence-corrected chi connectivity index (χ4v) is 5.22. The summed E-state index contributed by atoms with van der Waals surface area (Å²) >= 11 is 0. The Bertz CT molecular complexity index is 1110. The lowest BCUT2D eigenvalue weighted by atomic mass is 9.93. The maximum atomic E-state index is 13.7. The van der Waals surface area contributed by atoms with Gasteiger partial charge in [-0.1, -0.05) is 6.92 Å². The highest BCUT2D eigenvalue weighted by Crippen LogP contribution is 2.62. The summed E-state index contributed by atoms with van der Waals surface area (Å²) in [4.78, 5) is 25.5. The van der Waals surface area contributed by atoms with Crippen LogP contribution in [0, 0.1) is 36.4 Å². The molecule has 2 saturated carbocycles. The van der Waals surface area contributed by atoms with Crippen LogP contribution < -0.4 is 10.1 Å². The van der Waals surface area contributed by atoms with E-state index in [-0.39, 0.29) is 23.7 Å². The number of benzene rings is 1. The van der Waals surface area contributed by atoms with E-state index in [0.29, 0.717) is 34.7 Å². The molecule has 0 radical (unpaired) electrons. The zero-order valence-corrected chi connectivity index (χ0v) is 17.6. The average molecular weight is 420 g/mol. The number of nitrogens with one attached hydrogen (secondary N) is 1. The zero-order valence-electron chi connectivity index (χ0n) is 17.6. The molecule has 5 rings (SSSR count). The SMILES string of the molecule is CCC(C(=O)Nc1cnc(C)cn1)[C@H]1[C@@H]2C[C@@H](Oc3ccnc4ccc(F)cc34)C[C@@H]21. The molecule has 1 N–H and O–H groups in total. The van der Waals surface area contributed by atoms with Crippen LogP contribution in [0.1, 0.15) is 31.9 Å². The number of fused-ring (bicyclic) bond motifs is 2. The lowest BCUT2D eigenvalue weighted by molar-refractivity contribution is -0.121. The zero-order chi connectivity index (χ0) is 21.5. The minimum Gasteiger partial charge on any atom is -0.490 e. The summed E-state index contributed by atoms with van der Waals surface area (Å²) in [7, 11) is 0. The monoisotopic (exact) mass is 420 g/mol. The van der Waals surface area contributed by atoms with Crippen molar-refractivity contribution in [3.05, 3.63) is 54.4 Å². The smallest absolute Gasteiger partial charge is 0.228 e. The first-order valence-corrected chi connectivity index (χ1v) is 10.8. The van der Waals surface area contributed by atoms with E-state index in [1.54, 1.807) is 30.7 Å². The van der Waals surface area contributed by atoms with Gasteiger partial charge < -0.3 is 10.1 Å². The first-order valence-electron chi connectivity index (χ1n) is 10.8. The van der Waals surface area contributed by atoms with Gasteiger partial charge >= 0.3 is 0 Å². The molecule has 6 nitrogen and oxygen atoms in total. The van der Waals surface area contributed by atoms with Gasteiger partial charge in [0, 0.05) is 17.5 Å². The number of carbonyl (C=O) groups is 1. The number of hydrogen-bond donors (Lipinski definition) is 1. The quantitative estimate of drug-likeness (QED) is 0.634. The van der Waals surface area contributed by atoms with Crippen LogP contribution in [0.2, 0.25) is 0 Å². The predicted molar refractivity (Wildman–Crippen MR) is 115 cm³/mol. The number of carbonyl (C=O) groups excluding carboxylic acids is 1. The number of pyridine rings is 1. The number of anilines is 1. The number of ether oxygens (including phenoxy) is 1. The number of halogens is 1. The number of rotatable bonds is 6. The van der Waals surface area contributed by atoms with E-state index in [1.165, 1.54) is 12.1 Å². The number of aryl methyl sites for hydroxylation is 1. The second-order valence-corrected chi connectivity index (χ2v) is 8.63. The van der Waals surface area contributed by atoms with Crippen molar-refractivity contribution in [2.75, 3.05) is 5.32 Å². The maximum absolute atomic E-state index is 13.7. The van der Waals surface area contributed by atoms with E-state index in [1.807, 2.05) is 6.92 Å². The standard InChI is InChI=1S/C24H25FN4O2/c1-3-16(24(30)29-22-12-27-13(2)11-28-22)23-17-9-15(10-18(17)23)31-21-6-7-26-20-5-4-14(25)8-19(20)21/h4-8,11-12,15-18,23H,3,9-10H2,1-2H3,(H,28,29,30)/t15-,16?,17-,18+,23+. The average Bonchev–Trinajstić information content (AvgIpc) is 3.23. The van der Waals surface area contributed by atoms with E-state index in [9.17, 15) is 9.18 Å². The van der Waals surface area contributed by atoms with Crippen molar-refractivity contribution in [2.45, 2.75) is 39.2 Å². The highest BCUT2D eigenvalue weighted by molar-refractivity contribution is 5.92. The fourth-order valence-electron chi connectivity index (χ4n) is 5.22. The van der Waals surface area contributed by atoms with Gasteiger partial charge in [-0.25, -0.2) is 9.37 Å². The Labute approximate surface area is 180 Å². The Kier molecular flexibility index (Phi) is 5.04. The van der Waals surface area contributed by atoms with Crippen molar-refractivity contribution in [1.29, 1.82) is 0 Å². The molecule has 1 aromatic carbocycles. The topological polar surface area (TPSA) is 77.0 Å². The van der Waals surface area contributed by atoms with E-state index in [0.717, 1.165) is 30.5 Å². The number of hydrogen-bond acceptors (Lipinski definition) is 5. The third-order valence-corrected chi connectivity index (χ3v) is 6.70. The van der Waals surface area contributed by atoms with Gasteiger partial charge in [-0.05, 0) is 68.2 Å². The van der Waals surface area contributed by atoms with Crippen LogP contribution in [0.3, 0.4) is 0 Å². The number of nitrogens with zero attached hydrogens (tertiary/aromatic N) is 3. The molecule has 2 fully saturated rings. The molecule has 2 aromatic heterocycles. The second-order valence-electron chi connectivity index (χ2n) is 8.63. The molecule has 2 aliphatic carbocycles. The summed E-state index contributed by atoms with van der Waals surface area (Å²) in [6, 6.07) is 6.35. The molecule has 0 bridgehead atoms. The summed E-state index contributed by atoms with van der Waals surface area (Å²) in [5, 5.41) is 3.62. The molecule has 0 spiro atoms. The van der Waals surface area contributed by atoms with Crippen LogP contribution >= 0.6 is 0 Å². The van der Waals surface area contributed by atoms with Crippen LogP contribution in [0.25, 0.3) is 10.9 Å². The number of aromatic nitrogens is 3. The second kappa shape index (κ2) is 7.87. The van der Waals surface area contributed by atoms with E-state index in [2.05, 4.69) is 27.2 Å². The van der Waals surface area contributed by atoms with Crippen molar-refractivity contribution in [3.8, 4) is 5.75 Å². The molecule has 31 heavy (non-hydrogen) atoms. The van der Waals surface area contributed by atoms with Crippen LogP contribution in [0.5, 0.6) is 5.75 Å². The van der Waals surface area contributed by atoms with E-state index >= 15 is 0 Å². The summed E-state index contributed by atoms with van der Waals surface area (Å²) in [5.41, 5.74) is 1.54. The lowest BCUT2D eigenvalue weighted by Crippen LogP contribution is -2.27. The summed E-state index contributed by atoms with van der Waals surface area (Å²) in [5.74, 6) is 2.24. The first kappa shape index (κ1) is 19.8. The minimum atomic E-state index is -0.297. The molecule has 0 aliphatic heterocycles. The van der Waals surface area contributed by atoms with Gasteiger partial charge in [-0.15, -0.1) is 0 Å². The first-order chi connectivity index (χ1) is 15.0. The Morgan fingerprint density at radius 1 is 1.19 bits per heavy atom.